The van der Waals surface area contributed by atoms with E-state index in [0.717, 1.165) is 69.2 Å². The lowest BCUT2D eigenvalue weighted by molar-refractivity contribution is -0.122. The highest BCUT2D eigenvalue weighted by Gasteiger charge is 2.42. The van der Waals surface area contributed by atoms with Gasteiger partial charge in [-0.05, 0) is 56.0 Å². The molecule has 2 aliphatic rings. The fraction of sp³-hybridized carbons (Fsp3) is 0.478. The van der Waals surface area contributed by atoms with Crippen LogP contribution in [-0.4, -0.2) is 47.1 Å². The summed E-state index contributed by atoms with van der Waals surface area (Å²) in [6.07, 6.45) is 5.44. The molecule has 1 spiro atoms. The number of carbonyl (C=O) groups excluding carboxylic acids is 1. The summed E-state index contributed by atoms with van der Waals surface area (Å²) >= 11 is 0. The average molecular weight is 415 g/mol. The first-order chi connectivity index (χ1) is 14.5. The maximum absolute atomic E-state index is 13.7. The molecule has 0 radical (unpaired) electrons. The van der Waals surface area contributed by atoms with E-state index in [4.69, 9.17) is 4.74 Å². The highest BCUT2D eigenvalue weighted by molar-refractivity contribution is 5.78. The van der Waals surface area contributed by atoms with Gasteiger partial charge in [0.15, 0.2) is 0 Å². The van der Waals surface area contributed by atoms with Crippen molar-refractivity contribution in [2.24, 2.45) is 0 Å². The molecule has 0 aliphatic carbocycles. The van der Waals surface area contributed by atoms with E-state index in [9.17, 15) is 13.6 Å². The molecule has 1 atom stereocenters. The van der Waals surface area contributed by atoms with E-state index in [2.05, 4.69) is 15.2 Å². The van der Waals surface area contributed by atoms with Crippen LogP contribution in [0.5, 0.6) is 0 Å². The van der Waals surface area contributed by atoms with Crippen LogP contribution in [0.15, 0.2) is 42.6 Å². The highest BCUT2D eigenvalue weighted by Crippen LogP contribution is 2.38. The molecule has 160 valence electrons. The minimum Gasteiger partial charge on any atom is -0.370 e. The summed E-state index contributed by atoms with van der Waals surface area (Å²) in [5, 5.41) is 2.81. The zero-order valence-electron chi connectivity index (χ0n) is 16.9. The number of carbonyl (C=O) groups is 1. The number of hydrogen-bond donors (Lipinski definition) is 1. The number of nitrogens with one attached hydrogen (secondary N) is 1. The van der Waals surface area contributed by atoms with Gasteiger partial charge in [-0.15, -0.1) is 0 Å². The van der Waals surface area contributed by atoms with Crippen molar-refractivity contribution in [1.29, 1.82) is 0 Å². The Labute approximate surface area is 175 Å². The van der Waals surface area contributed by atoms with Crippen LogP contribution in [0.1, 0.15) is 36.9 Å². The molecule has 0 unspecified atom stereocenters. The summed E-state index contributed by atoms with van der Waals surface area (Å²) < 4.78 is 33.3. The number of amides is 1. The van der Waals surface area contributed by atoms with Gasteiger partial charge in [-0.1, -0.05) is 6.07 Å². The van der Waals surface area contributed by atoms with Crippen LogP contribution in [0.25, 0.3) is 0 Å². The number of pyridine rings is 1. The minimum absolute atomic E-state index is 0.0337. The molecule has 1 aromatic heterocycles. The van der Waals surface area contributed by atoms with Crippen molar-refractivity contribution in [1.82, 2.24) is 15.2 Å². The molecule has 1 aromatic carbocycles. The van der Waals surface area contributed by atoms with Crippen LogP contribution in [0.3, 0.4) is 0 Å². The molecule has 0 saturated carbocycles. The second-order valence-corrected chi connectivity index (χ2v) is 8.28. The van der Waals surface area contributed by atoms with E-state index < -0.39 is 11.6 Å². The van der Waals surface area contributed by atoms with Crippen LogP contribution in [0.4, 0.5) is 8.78 Å². The van der Waals surface area contributed by atoms with Crippen LogP contribution in [0, 0.1) is 11.6 Å². The number of rotatable bonds is 6. The van der Waals surface area contributed by atoms with Gasteiger partial charge in [0.05, 0.1) is 23.8 Å². The predicted octanol–water partition coefficient (Wildman–Crippen LogP) is 3.23. The second kappa shape index (κ2) is 9.18. The Morgan fingerprint density at radius 1 is 1.20 bits per heavy atom. The third-order valence-corrected chi connectivity index (χ3v) is 6.10. The van der Waals surface area contributed by atoms with Crippen LogP contribution >= 0.6 is 0 Å². The first-order valence-corrected chi connectivity index (χ1v) is 10.5. The van der Waals surface area contributed by atoms with Crippen LogP contribution in [-0.2, 0) is 22.5 Å². The van der Waals surface area contributed by atoms with Crippen molar-refractivity contribution in [3.8, 4) is 0 Å². The second-order valence-electron chi connectivity index (χ2n) is 8.28. The molecule has 7 heteroatoms. The topological polar surface area (TPSA) is 54.5 Å². The Balaban J connectivity index is 1.21. The quantitative estimate of drug-likeness (QED) is 0.787. The minimum atomic E-state index is -0.569. The molecule has 2 aromatic rings. The number of likely N-dealkylation sites (tertiary alicyclic amines) is 1. The molecule has 3 heterocycles. The number of piperidine rings is 1. The Hall–Kier alpha value is -2.38. The van der Waals surface area contributed by atoms with Gasteiger partial charge in [-0.3, -0.25) is 14.7 Å². The predicted molar refractivity (Wildman–Crippen MR) is 109 cm³/mol. The Morgan fingerprint density at radius 2 is 2.03 bits per heavy atom. The zero-order chi connectivity index (χ0) is 21.0. The van der Waals surface area contributed by atoms with E-state index in [1.54, 1.807) is 0 Å². The van der Waals surface area contributed by atoms with Crippen molar-refractivity contribution >= 4 is 5.91 Å². The fourth-order valence-corrected chi connectivity index (χ4v) is 4.39. The first kappa shape index (κ1) is 20.9. The van der Waals surface area contributed by atoms with Gasteiger partial charge in [-0.2, -0.15) is 0 Å². The molecular formula is C23H27F2N3O2. The van der Waals surface area contributed by atoms with Crippen molar-refractivity contribution < 1.29 is 18.3 Å². The molecule has 1 N–H and O–H groups in total. The molecule has 2 saturated heterocycles. The maximum atomic E-state index is 13.7. The molecular weight excluding hydrogens is 388 g/mol. The van der Waals surface area contributed by atoms with E-state index >= 15 is 0 Å². The lowest BCUT2D eigenvalue weighted by Crippen LogP contribution is -2.45. The van der Waals surface area contributed by atoms with Crippen molar-refractivity contribution in [2.45, 2.75) is 50.4 Å². The molecule has 2 fully saturated rings. The number of ether oxygens (including phenoxy) is 1. The third kappa shape index (κ3) is 5.21. The third-order valence-electron chi connectivity index (χ3n) is 6.10. The molecule has 30 heavy (non-hydrogen) atoms. The van der Waals surface area contributed by atoms with E-state index in [1.807, 2.05) is 24.4 Å². The smallest absolute Gasteiger partial charge is 0.224 e. The highest BCUT2D eigenvalue weighted by atomic mass is 19.1. The summed E-state index contributed by atoms with van der Waals surface area (Å²) in [6.45, 7) is 3.19. The fourth-order valence-electron chi connectivity index (χ4n) is 4.39. The van der Waals surface area contributed by atoms with Gasteiger partial charge >= 0.3 is 0 Å². The summed E-state index contributed by atoms with van der Waals surface area (Å²) in [7, 11) is 0. The summed E-state index contributed by atoms with van der Waals surface area (Å²) in [5.74, 6) is -1.44. The average Bonchev–Trinajstić information content (AvgIpc) is 3.15. The van der Waals surface area contributed by atoms with E-state index in [-0.39, 0.29) is 29.6 Å². The van der Waals surface area contributed by atoms with Crippen molar-refractivity contribution in [3.63, 3.8) is 0 Å². The number of nitrogens with zero attached hydrogens (tertiary/aromatic N) is 2. The molecule has 5 nitrogen and oxygen atoms in total. The lowest BCUT2D eigenvalue weighted by atomic mass is 9.88. The van der Waals surface area contributed by atoms with Gasteiger partial charge in [0.2, 0.25) is 5.91 Å². The van der Waals surface area contributed by atoms with Gasteiger partial charge in [0, 0.05) is 37.9 Å². The Bertz CT molecular complexity index is 870. The number of benzene rings is 1. The van der Waals surface area contributed by atoms with Crippen molar-refractivity contribution in [3.05, 3.63) is 65.5 Å². The van der Waals surface area contributed by atoms with E-state index in [1.165, 1.54) is 0 Å². The normalized spacial score (nSPS) is 21.1. The van der Waals surface area contributed by atoms with Crippen molar-refractivity contribution in [2.75, 3.05) is 19.6 Å². The molecule has 2 aliphatic heterocycles. The number of hydrogen-bond acceptors (Lipinski definition) is 4. The van der Waals surface area contributed by atoms with Crippen LogP contribution in [0.2, 0.25) is 0 Å². The molecule has 4 rings (SSSR count). The van der Waals surface area contributed by atoms with Crippen LogP contribution < -0.4 is 5.32 Å². The zero-order valence-corrected chi connectivity index (χ0v) is 16.9. The monoisotopic (exact) mass is 415 g/mol. The number of aromatic nitrogens is 1. The Kier molecular flexibility index (Phi) is 6.39. The van der Waals surface area contributed by atoms with Gasteiger partial charge in [0.25, 0.3) is 0 Å². The van der Waals surface area contributed by atoms with Gasteiger partial charge in [0.1, 0.15) is 11.6 Å². The standard InChI is InChI=1S/C23H27F2N3O2/c24-18-4-5-21(25)17(13-18)14-22(29)27-15-20-6-7-23(30-20)8-11-28(12-9-23)16-19-3-1-2-10-26-19/h1-5,10,13,20H,6-9,11-12,14-16H2,(H,27,29)/t20-/m1/s1. The molecule has 1 amide bonds. The van der Waals surface area contributed by atoms with E-state index in [0.29, 0.717) is 6.54 Å². The SMILES string of the molecule is O=C(Cc1cc(F)ccc1F)NC[C@H]1CCC2(CCN(Cc3ccccn3)CC2)O1. The van der Waals surface area contributed by atoms with Gasteiger partial charge in [-0.25, -0.2) is 8.78 Å². The summed E-state index contributed by atoms with van der Waals surface area (Å²) in [5.41, 5.74) is 1.04. The number of halogens is 2. The first-order valence-electron chi connectivity index (χ1n) is 10.5. The largest absolute Gasteiger partial charge is 0.370 e. The summed E-state index contributed by atoms with van der Waals surface area (Å²) in [4.78, 5) is 18.9. The maximum Gasteiger partial charge on any atom is 0.224 e. The summed E-state index contributed by atoms with van der Waals surface area (Å²) in [6, 6.07) is 9.13. The molecule has 0 bridgehead atoms. The lowest BCUT2D eigenvalue weighted by Gasteiger charge is -2.39. The Morgan fingerprint density at radius 3 is 2.80 bits per heavy atom. The van der Waals surface area contributed by atoms with Gasteiger partial charge < -0.3 is 10.1 Å².